The molecule has 0 fully saturated rings. The Morgan fingerprint density at radius 1 is 0.306 bits per heavy atom. The van der Waals surface area contributed by atoms with Gasteiger partial charge in [-0.3, -0.25) is 0 Å². The molecule has 2 aliphatic rings. The minimum Gasteiger partial charge on any atom is -0.492 e. The van der Waals surface area contributed by atoms with Crippen LogP contribution in [0.5, 0.6) is 23.0 Å². The van der Waals surface area contributed by atoms with E-state index in [2.05, 4.69) is 110 Å². The molecular formula is C60H50N8O4. The molecule has 12 nitrogen and oxygen atoms in total. The Morgan fingerprint density at radius 3 is 0.903 bits per heavy atom. The molecule has 12 heteroatoms. The molecule has 8 bridgehead atoms. The second kappa shape index (κ2) is 16.5. The molecule has 0 unspecified atom stereocenters. The second-order valence-corrected chi connectivity index (χ2v) is 18.3. The van der Waals surface area contributed by atoms with E-state index < -0.39 is 0 Å². The lowest BCUT2D eigenvalue weighted by Gasteiger charge is -2.16. The molecule has 0 saturated heterocycles. The number of aromatic amines is 2. The van der Waals surface area contributed by atoms with E-state index in [1.165, 1.54) is 0 Å². The predicted molar refractivity (Wildman–Crippen MR) is 290 cm³/mol. The lowest BCUT2D eigenvalue weighted by atomic mass is 9.94. The lowest BCUT2D eigenvalue weighted by molar-refractivity contribution is 0.345. The van der Waals surface area contributed by atoms with E-state index in [0.717, 1.165) is 109 Å². The van der Waals surface area contributed by atoms with Crippen molar-refractivity contribution < 1.29 is 18.9 Å². The first kappa shape index (κ1) is 43.4. The van der Waals surface area contributed by atoms with Crippen molar-refractivity contribution in [1.29, 1.82) is 0 Å². The normalized spacial score (nSPS) is 12.1. The summed E-state index contributed by atoms with van der Waals surface area (Å²) in [7, 11) is 0. The predicted octanol–water partition coefficient (Wildman–Crippen LogP) is 14.3. The monoisotopic (exact) mass is 946 g/mol. The molecular weight excluding hydrogens is 897 g/mol. The van der Waals surface area contributed by atoms with Crippen LogP contribution in [-0.4, -0.2) is 66.3 Å². The van der Waals surface area contributed by atoms with Crippen LogP contribution in [0.15, 0.2) is 97.1 Å². The van der Waals surface area contributed by atoms with Gasteiger partial charge in [-0.2, -0.15) is 0 Å². The number of benzene rings is 8. The van der Waals surface area contributed by atoms with E-state index >= 15 is 0 Å². The molecule has 0 saturated carbocycles. The largest absolute Gasteiger partial charge is 0.492 e. The molecule has 2 aliphatic heterocycles. The molecule has 13 rings (SSSR count). The van der Waals surface area contributed by atoms with Gasteiger partial charge in [0, 0.05) is 43.4 Å². The summed E-state index contributed by atoms with van der Waals surface area (Å²) in [6, 6.07) is 33.3. The van der Waals surface area contributed by atoms with Crippen molar-refractivity contribution in [1.82, 2.24) is 39.9 Å². The molecule has 3 aromatic heterocycles. The molecule has 5 heterocycles. The highest BCUT2D eigenvalue weighted by Gasteiger charge is 2.33. The highest BCUT2D eigenvalue weighted by Crippen LogP contribution is 2.52. The van der Waals surface area contributed by atoms with Gasteiger partial charge in [-0.1, -0.05) is 97.1 Å². The minimum absolute atomic E-state index is 0.421. The highest BCUT2D eigenvalue weighted by molar-refractivity contribution is 6.21. The standard InChI is InChI=1S/C60H50N8O4/c1-9-69-49-37-25-17-13-21-33(37)29(5)41-45(49)57-62-53(41)61-54-42-30(6)34-22-14-18-26-38(34)50(70-10-2)46(42)58(63-54)65-56-44-32(8)36-24-16-20-28-40(36)52(72-12-4)48(44)60(67-56)68-59-47-43(55(64-57)66-59)31(7)35-23-15-19-27-39(35)51(47)71-11-3/h13-28H,9-12H2,1-8H3,(H2,61,62,63,64,65,66,67,68). The number of fused-ring (bicyclic) bond motifs is 24. The number of nitrogens with one attached hydrogen (secondary N) is 2. The number of H-pyrrole nitrogens is 2. The Labute approximate surface area is 414 Å². The van der Waals surface area contributed by atoms with Gasteiger partial charge in [-0.05, 0) is 99.2 Å². The van der Waals surface area contributed by atoms with Gasteiger partial charge in [0.15, 0.2) is 23.3 Å². The summed E-state index contributed by atoms with van der Waals surface area (Å²) in [6.07, 6.45) is 0. The zero-order chi connectivity index (χ0) is 49.1. The fourth-order valence-electron chi connectivity index (χ4n) is 11.5. The number of aromatic nitrogens is 8. The maximum atomic E-state index is 6.69. The minimum atomic E-state index is 0.421. The maximum absolute atomic E-state index is 6.69. The molecule has 354 valence electrons. The van der Waals surface area contributed by atoms with Gasteiger partial charge >= 0.3 is 0 Å². The van der Waals surface area contributed by atoms with Crippen LogP contribution in [0, 0.1) is 27.7 Å². The van der Waals surface area contributed by atoms with E-state index in [4.69, 9.17) is 48.9 Å². The van der Waals surface area contributed by atoms with Crippen molar-refractivity contribution in [3.05, 3.63) is 119 Å². The average Bonchev–Trinajstić information content (AvgIpc) is 4.15. The van der Waals surface area contributed by atoms with Gasteiger partial charge in [0.25, 0.3) is 0 Å². The van der Waals surface area contributed by atoms with E-state index in [1.54, 1.807) is 0 Å². The third kappa shape index (κ3) is 6.10. The van der Waals surface area contributed by atoms with E-state index in [9.17, 15) is 0 Å². The van der Waals surface area contributed by atoms with Gasteiger partial charge in [0.05, 0.1) is 48.3 Å². The van der Waals surface area contributed by atoms with E-state index in [0.29, 0.717) is 95.3 Å². The fourth-order valence-corrected chi connectivity index (χ4v) is 11.5. The molecule has 0 aliphatic carbocycles. The van der Waals surface area contributed by atoms with Gasteiger partial charge < -0.3 is 28.9 Å². The van der Waals surface area contributed by atoms with Crippen LogP contribution in [0.1, 0.15) is 49.9 Å². The van der Waals surface area contributed by atoms with Crippen LogP contribution in [0.25, 0.3) is 133 Å². The molecule has 0 spiro atoms. The quantitative estimate of drug-likeness (QED) is 0.151. The average molecular weight is 947 g/mol. The lowest BCUT2D eigenvalue weighted by Crippen LogP contribution is -1.98. The summed E-state index contributed by atoms with van der Waals surface area (Å²) < 4.78 is 26.7. The first-order valence-electron chi connectivity index (χ1n) is 24.8. The number of aryl methyl sites for hydroxylation is 4. The number of hydrogen-bond donors (Lipinski definition) is 2. The third-order valence-electron chi connectivity index (χ3n) is 14.5. The van der Waals surface area contributed by atoms with Crippen LogP contribution in [0.2, 0.25) is 0 Å². The Morgan fingerprint density at radius 2 is 0.569 bits per heavy atom. The van der Waals surface area contributed by atoms with Crippen molar-refractivity contribution in [3.8, 4) is 68.5 Å². The topological polar surface area (TPSA) is 146 Å². The van der Waals surface area contributed by atoms with Crippen molar-refractivity contribution in [3.63, 3.8) is 0 Å². The van der Waals surface area contributed by atoms with Crippen LogP contribution >= 0.6 is 0 Å². The number of ether oxygens (including phenoxy) is 4. The summed E-state index contributed by atoms with van der Waals surface area (Å²) in [5, 5.41) is 11.3. The summed E-state index contributed by atoms with van der Waals surface area (Å²) >= 11 is 0. The molecule has 0 radical (unpaired) electrons. The zero-order valence-electron chi connectivity index (χ0n) is 41.4. The van der Waals surface area contributed by atoms with Crippen molar-refractivity contribution >= 4 is 87.2 Å². The SMILES string of the molecule is CCOc1c2c(c(C)c3ccccc13)-c1nc-2nc2[nH]c(nc3nc(nc4[nH]c(n1)c1c(C)c5ccccc5c(OCC)c41)-c1c-3c(OCC)c3ccccc3c1C)c1c(OCC)c3ccccc3c(C)c21. The van der Waals surface area contributed by atoms with Crippen molar-refractivity contribution in [2.45, 2.75) is 55.4 Å². The number of rotatable bonds is 8. The first-order valence-corrected chi connectivity index (χ1v) is 24.8. The Kier molecular flexibility index (Phi) is 9.93. The molecule has 2 N–H and O–H groups in total. The van der Waals surface area contributed by atoms with Gasteiger partial charge in [0.1, 0.15) is 45.6 Å². The fraction of sp³-hybridized carbons (Fsp3) is 0.200. The number of nitrogens with zero attached hydrogens (tertiary/aromatic N) is 6. The van der Waals surface area contributed by atoms with Gasteiger partial charge in [-0.25, -0.2) is 29.9 Å². The highest BCUT2D eigenvalue weighted by atomic mass is 16.5. The van der Waals surface area contributed by atoms with Crippen molar-refractivity contribution in [2.75, 3.05) is 26.4 Å². The Bertz CT molecular complexity index is 4350. The van der Waals surface area contributed by atoms with E-state index in [-0.39, 0.29) is 0 Å². The molecule has 11 aromatic rings. The Balaban J connectivity index is 1.32. The molecule has 8 aromatic carbocycles. The van der Waals surface area contributed by atoms with Gasteiger partial charge in [0.2, 0.25) is 0 Å². The van der Waals surface area contributed by atoms with Crippen molar-refractivity contribution in [2.24, 2.45) is 0 Å². The van der Waals surface area contributed by atoms with Gasteiger partial charge in [-0.15, -0.1) is 0 Å². The Hall–Kier alpha value is -8.64. The summed E-state index contributed by atoms with van der Waals surface area (Å²) in [6.45, 7) is 18.2. The smallest absolute Gasteiger partial charge is 0.168 e. The maximum Gasteiger partial charge on any atom is 0.168 e. The zero-order valence-corrected chi connectivity index (χ0v) is 41.4. The molecule has 0 atom stereocenters. The van der Waals surface area contributed by atoms with Crippen LogP contribution in [0.3, 0.4) is 0 Å². The summed E-state index contributed by atoms with van der Waals surface area (Å²) in [5.41, 5.74) is 9.39. The van der Waals surface area contributed by atoms with Crippen LogP contribution < -0.4 is 18.9 Å². The number of hydrogen-bond acceptors (Lipinski definition) is 10. The first-order chi connectivity index (χ1) is 35.2. The third-order valence-corrected chi connectivity index (χ3v) is 14.5. The van der Waals surface area contributed by atoms with Crippen LogP contribution in [-0.2, 0) is 0 Å². The van der Waals surface area contributed by atoms with E-state index in [1.807, 2.05) is 52.0 Å². The molecule has 0 amide bonds. The summed E-state index contributed by atoms with van der Waals surface area (Å²) in [5.74, 6) is 4.61. The second-order valence-electron chi connectivity index (χ2n) is 18.3. The molecule has 72 heavy (non-hydrogen) atoms. The van der Waals surface area contributed by atoms with Crippen LogP contribution in [0.4, 0.5) is 0 Å². The summed E-state index contributed by atoms with van der Waals surface area (Å²) in [4.78, 5) is 40.8.